The summed E-state index contributed by atoms with van der Waals surface area (Å²) in [7, 11) is 0. The standard InChI is InChI=1S/C16H19ClS/c17-15(10-12-6-2-1-3-7-12)14-11-18-16-9-5-4-8-13(14)16/h4-5,8-9,11-12,15H,1-3,6-7,10H2. The Labute approximate surface area is 118 Å². The third-order valence-electron chi connectivity index (χ3n) is 4.11. The molecule has 0 saturated heterocycles. The van der Waals surface area contributed by atoms with Gasteiger partial charge >= 0.3 is 0 Å². The smallest absolute Gasteiger partial charge is 0.0602 e. The topological polar surface area (TPSA) is 0 Å². The van der Waals surface area contributed by atoms with Gasteiger partial charge in [-0.15, -0.1) is 22.9 Å². The van der Waals surface area contributed by atoms with E-state index in [4.69, 9.17) is 11.6 Å². The zero-order valence-electron chi connectivity index (χ0n) is 10.6. The first-order chi connectivity index (χ1) is 8.84. The number of benzene rings is 1. The van der Waals surface area contributed by atoms with Crippen molar-refractivity contribution >= 4 is 33.0 Å². The minimum atomic E-state index is 0.198. The number of rotatable bonds is 3. The molecular formula is C16H19ClS. The molecule has 96 valence electrons. The number of hydrogen-bond donors (Lipinski definition) is 0. The van der Waals surface area contributed by atoms with Crippen LogP contribution in [0, 0.1) is 5.92 Å². The van der Waals surface area contributed by atoms with Crippen LogP contribution in [0.2, 0.25) is 0 Å². The van der Waals surface area contributed by atoms with Crippen molar-refractivity contribution in [2.75, 3.05) is 0 Å². The highest BCUT2D eigenvalue weighted by Crippen LogP contribution is 2.39. The lowest BCUT2D eigenvalue weighted by Crippen LogP contribution is -2.08. The molecular weight excluding hydrogens is 260 g/mol. The van der Waals surface area contributed by atoms with Crippen molar-refractivity contribution in [1.29, 1.82) is 0 Å². The highest BCUT2D eigenvalue weighted by molar-refractivity contribution is 7.17. The van der Waals surface area contributed by atoms with Crippen LogP contribution in [0.25, 0.3) is 10.1 Å². The van der Waals surface area contributed by atoms with Gasteiger partial charge in [-0.25, -0.2) is 0 Å². The molecule has 1 aromatic carbocycles. The largest absolute Gasteiger partial charge is 0.143 e. The molecule has 0 aliphatic heterocycles. The molecule has 1 fully saturated rings. The summed E-state index contributed by atoms with van der Waals surface area (Å²) in [5.41, 5.74) is 1.35. The first kappa shape index (κ1) is 12.5. The van der Waals surface area contributed by atoms with Gasteiger partial charge in [0.15, 0.2) is 0 Å². The maximum atomic E-state index is 6.67. The van der Waals surface area contributed by atoms with Gasteiger partial charge in [-0.05, 0) is 34.7 Å². The van der Waals surface area contributed by atoms with Crippen LogP contribution in [0.1, 0.15) is 49.5 Å². The van der Waals surface area contributed by atoms with Crippen molar-refractivity contribution in [2.45, 2.75) is 43.9 Å². The fourth-order valence-electron chi connectivity index (χ4n) is 3.08. The van der Waals surface area contributed by atoms with E-state index in [0.717, 1.165) is 12.3 Å². The second-order valence-electron chi connectivity index (χ2n) is 5.39. The maximum Gasteiger partial charge on any atom is 0.0602 e. The van der Waals surface area contributed by atoms with Crippen LogP contribution in [-0.4, -0.2) is 0 Å². The average molecular weight is 279 g/mol. The third-order valence-corrected chi connectivity index (χ3v) is 5.51. The van der Waals surface area contributed by atoms with Crippen molar-refractivity contribution in [3.63, 3.8) is 0 Å². The Balaban J connectivity index is 1.76. The summed E-state index contributed by atoms with van der Waals surface area (Å²) in [6.45, 7) is 0. The van der Waals surface area contributed by atoms with E-state index in [2.05, 4.69) is 29.6 Å². The van der Waals surface area contributed by atoms with E-state index < -0.39 is 0 Å². The van der Waals surface area contributed by atoms with Crippen LogP contribution < -0.4 is 0 Å². The number of halogens is 1. The summed E-state index contributed by atoms with van der Waals surface area (Å²) in [6.07, 6.45) is 8.14. The van der Waals surface area contributed by atoms with Crippen LogP contribution >= 0.6 is 22.9 Å². The van der Waals surface area contributed by atoms with Gasteiger partial charge in [-0.1, -0.05) is 50.3 Å². The predicted molar refractivity (Wildman–Crippen MR) is 81.6 cm³/mol. The fraction of sp³-hybridized carbons (Fsp3) is 0.500. The van der Waals surface area contributed by atoms with Crippen LogP contribution in [0.3, 0.4) is 0 Å². The lowest BCUT2D eigenvalue weighted by atomic mass is 9.85. The van der Waals surface area contributed by atoms with Crippen molar-refractivity contribution in [3.8, 4) is 0 Å². The van der Waals surface area contributed by atoms with Crippen molar-refractivity contribution in [1.82, 2.24) is 0 Å². The number of alkyl halides is 1. The van der Waals surface area contributed by atoms with Crippen LogP contribution in [0.4, 0.5) is 0 Å². The molecule has 0 spiro atoms. The van der Waals surface area contributed by atoms with E-state index in [9.17, 15) is 0 Å². The van der Waals surface area contributed by atoms with E-state index in [0.29, 0.717) is 0 Å². The SMILES string of the molecule is ClC(CC1CCCCC1)c1csc2ccccc12. The van der Waals surface area contributed by atoms with Gasteiger partial charge in [0.25, 0.3) is 0 Å². The minimum absolute atomic E-state index is 0.198. The summed E-state index contributed by atoms with van der Waals surface area (Å²) < 4.78 is 1.36. The zero-order chi connectivity index (χ0) is 12.4. The minimum Gasteiger partial charge on any atom is -0.143 e. The molecule has 3 rings (SSSR count). The molecule has 1 saturated carbocycles. The molecule has 2 aromatic rings. The monoisotopic (exact) mass is 278 g/mol. The number of thiophene rings is 1. The molecule has 1 unspecified atom stereocenters. The van der Waals surface area contributed by atoms with Gasteiger partial charge in [-0.2, -0.15) is 0 Å². The summed E-state index contributed by atoms with van der Waals surface area (Å²) in [6, 6.07) is 8.61. The number of fused-ring (bicyclic) bond motifs is 1. The molecule has 0 nitrogen and oxygen atoms in total. The fourth-order valence-corrected chi connectivity index (χ4v) is 4.61. The molecule has 0 bridgehead atoms. The second-order valence-corrected chi connectivity index (χ2v) is 6.83. The van der Waals surface area contributed by atoms with Crippen molar-refractivity contribution in [2.24, 2.45) is 5.92 Å². The average Bonchev–Trinajstić information content (AvgIpc) is 2.84. The summed E-state index contributed by atoms with van der Waals surface area (Å²) in [5, 5.41) is 3.81. The van der Waals surface area contributed by atoms with Crippen molar-refractivity contribution < 1.29 is 0 Å². The maximum absolute atomic E-state index is 6.67. The lowest BCUT2D eigenvalue weighted by molar-refractivity contribution is 0.336. The molecule has 2 heteroatoms. The molecule has 0 amide bonds. The lowest BCUT2D eigenvalue weighted by Gasteiger charge is -2.23. The summed E-state index contributed by atoms with van der Waals surface area (Å²) in [5.74, 6) is 0.847. The predicted octanol–water partition coefficient (Wildman–Crippen LogP) is 6.15. The summed E-state index contributed by atoms with van der Waals surface area (Å²) >= 11 is 8.49. The van der Waals surface area contributed by atoms with Gasteiger partial charge in [0.05, 0.1) is 5.38 Å². The Hall–Kier alpha value is -0.530. The van der Waals surface area contributed by atoms with Crippen LogP contribution in [-0.2, 0) is 0 Å². The first-order valence-electron chi connectivity index (χ1n) is 6.95. The highest BCUT2D eigenvalue weighted by atomic mass is 35.5. The number of hydrogen-bond acceptors (Lipinski definition) is 1. The molecule has 1 heterocycles. The van der Waals surface area contributed by atoms with Gasteiger partial charge in [-0.3, -0.25) is 0 Å². The van der Waals surface area contributed by atoms with Gasteiger partial charge in [0.2, 0.25) is 0 Å². The first-order valence-corrected chi connectivity index (χ1v) is 8.26. The van der Waals surface area contributed by atoms with E-state index >= 15 is 0 Å². The van der Waals surface area contributed by atoms with Gasteiger partial charge in [0.1, 0.15) is 0 Å². The summed E-state index contributed by atoms with van der Waals surface area (Å²) in [4.78, 5) is 0. The van der Waals surface area contributed by atoms with Crippen LogP contribution in [0.15, 0.2) is 29.6 Å². The van der Waals surface area contributed by atoms with Crippen molar-refractivity contribution in [3.05, 3.63) is 35.2 Å². The van der Waals surface area contributed by atoms with Crippen LogP contribution in [0.5, 0.6) is 0 Å². The molecule has 1 atom stereocenters. The Morgan fingerprint density at radius 3 is 2.78 bits per heavy atom. The molecule has 0 radical (unpaired) electrons. The Morgan fingerprint density at radius 2 is 1.94 bits per heavy atom. The molecule has 1 aliphatic rings. The quantitative estimate of drug-likeness (QED) is 0.591. The molecule has 1 aromatic heterocycles. The van der Waals surface area contributed by atoms with Gasteiger partial charge in [0, 0.05) is 4.70 Å². The van der Waals surface area contributed by atoms with E-state index in [1.54, 1.807) is 0 Å². The molecule has 18 heavy (non-hydrogen) atoms. The normalized spacial score (nSPS) is 19.2. The van der Waals surface area contributed by atoms with E-state index in [1.165, 1.54) is 47.8 Å². The zero-order valence-corrected chi connectivity index (χ0v) is 12.1. The highest BCUT2D eigenvalue weighted by Gasteiger charge is 2.20. The van der Waals surface area contributed by atoms with E-state index in [1.807, 2.05) is 11.3 Å². The third kappa shape index (κ3) is 2.57. The second kappa shape index (κ2) is 5.63. The Kier molecular flexibility index (Phi) is 3.91. The molecule has 0 N–H and O–H groups in total. The Bertz CT molecular complexity index is 511. The Morgan fingerprint density at radius 1 is 1.17 bits per heavy atom. The van der Waals surface area contributed by atoms with Gasteiger partial charge < -0.3 is 0 Å². The van der Waals surface area contributed by atoms with E-state index in [-0.39, 0.29) is 5.38 Å². The molecule has 1 aliphatic carbocycles.